The third-order valence-electron chi connectivity index (χ3n) is 2.48. The van der Waals surface area contributed by atoms with Crippen LogP contribution in [0.25, 0.3) is 0 Å². The zero-order chi connectivity index (χ0) is 11.4. The largest absolute Gasteiger partial charge is 0.463 e. The Morgan fingerprint density at radius 3 is 2.53 bits per heavy atom. The summed E-state index contributed by atoms with van der Waals surface area (Å²) in [5.41, 5.74) is 3.05. The fourth-order valence-corrected chi connectivity index (χ4v) is 1.36. The predicted molar refractivity (Wildman–Crippen MR) is 56.6 cm³/mol. The lowest BCUT2D eigenvalue weighted by Gasteiger charge is -2.06. The number of carbonyl (C=O) groups is 2. The molecule has 1 aromatic carbocycles. The topological polar surface area (TPSA) is 43.4 Å². The smallest absolute Gasteiger partial charge is 0.374 e. The molecule has 3 heteroatoms. The summed E-state index contributed by atoms with van der Waals surface area (Å²) in [5, 5.41) is 0. The lowest BCUT2D eigenvalue weighted by Crippen LogP contribution is -2.18. The van der Waals surface area contributed by atoms with Gasteiger partial charge in [-0.3, -0.25) is 4.79 Å². The van der Waals surface area contributed by atoms with Gasteiger partial charge in [0.05, 0.1) is 7.11 Å². The monoisotopic (exact) mass is 206 g/mol. The molecule has 1 rings (SSSR count). The Balaban J connectivity index is 2.86. The molecule has 0 spiro atoms. The van der Waals surface area contributed by atoms with Crippen LogP contribution in [0, 0.1) is 13.8 Å². The second-order valence-electron chi connectivity index (χ2n) is 3.45. The maximum atomic E-state index is 11.3. The highest BCUT2D eigenvalue weighted by atomic mass is 16.5. The van der Waals surface area contributed by atoms with Gasteiger partial charge in [0.25, 0.3) is 0 Å². The number of hydrogen-bond acceptors (Lipinski definition) is 3. The van der Waals surface area contributed by atoms with Crippen LogP contribution in [0.15, 0.2) is 18.2 Å². The molecule has 80 valence electrons. The first kappa shape index (κ1) is 11.4. The Morgan fingerprint density at radius 1 is 1.27 bits per heavy atom. The summed E-state index contributed by atoms with van der Waals surface area (Å²) in [6.45, 7) is 3.91. The fraction of sp³-hybridized carbons (Fsp3) is 0.333. The highest BCUT2D eigenvalue weighted by Gasteiger charge is 2.15. The van der Waals surface area contributed by atoms with E-state index in [1.165, 1.54) is 7.11 Å². The number of rotatable bonds is 3. The quantitative estimate of drug-likeness (QED) is 0.557. The number of carbonyl (C=O) groups excluding carboxylic acids is 2. The van der Waals surface area contributed by atoms with E-state index in [1.54, 1.807) is 0 Å². The highest BCUT2D eigenvalue weighted by molar-refractivity contribution is 6.34. The molecule has 1 aromatic rings. The molecule has 0 aliphatic rings. The number of ether oxygens (including phenoxy) is 1. The minimum atomic E-state index is -0.782. The molecule has 0 atom stereocenters. The second kappa shape index (κ2) is 4.73. The number of hydrogen-bond donors (Lipinski definition) is 0. The molecule has 0 saturated carbocycles. The third-order valence-corrected chi connectivity index (χ3v) is 2.48. The van der Waals surface area contributed by atoms with Crippen molar-refractivity contribution in [3.8, 4) is 0 Å². The van der Waals surface area contributed by atoms with Gasteiger partial charge in [0.15, 0.2) is 0 Å². The first-order valence-electron chi connectivity index (χ1n) is 4.72. The average Bonchev–Trinajstić information content (AvgIpc) is 2.23. The van der Waals surface area contributed by atoms with Crippen molar-refractivity contribution in [3.63, 3.8) is 0 Å². The molecule has 0 aliphatic carbocycles. The van der Waals surface area contributed by atoms with Crippen molar-refractivity contribution in [2.24, 2.45) is 0 Å². The summed E-state index contributed by atoms with van der Waals surface area (Å²) >= 11 is 0. The molecule has 0 aromatic heterocycles. The molecule has 0 N–H and O–H groups in total. The molecule has 0 fully saturated rings. The minimum Gasteiger partial charge on any atom is -0.463 e. The van der Waals surface area contributed by atoms with Crippen molar-refractivity contribution in [2.75, 3.05) is 7.11 Å². The van der Waals surface area contributed by atoms with E-state index in [2.05, 4.69) is 4.74 Å². The first-order valence-corrected chi connectivity index (χ1v) is 4.72. The molecule has 15 heavy (non-hydrogen) atoms. The zero-order valence-corrected chi connectivity index (χ0v) is 9.16. The Hall–Kier alpha value is -1.64. The van der Waals surface area contributed by atoms with Crippen LogP contribution >= 0.6 is 0 Å². The molecule has 0 aliphatic heterocycles. The normalized spacial score (nSPS) is 9.80. The molecular formula is C12H14O3. The van der Waals surface area contributed by atoms with Gasteiger partial charge in [-0.2, -0.15) is 0 Å². The van der Waals surface area contributed by atoms with E-state index in [4.69, 9.17) is 0 Å². The van der Waals surface area contributed by atoms with Crippen molar-refractivity contribution in [1.29, 1.82) is 0 Å². The molecule has 0 heterocycles. The van der Waals surface area contributed by atoms with Crippen LogP contribution in [0.5, 0.6) is 0 Å². The van der Waals surface area contributed by atoms with Crippen LogP contribution in [0.2, 0.25) is 0 Å². The lowest BCUT2D eigenvalue weighted by atomic mass is 9.99. The maximum absolute atomic E-state index is 11.3. The van der Waals surface area contributed by atoms with Gasteiger partial charge < -0.3 is 4.74 Å². The number of benzene rings is 1. The highest BCUT2D eigenvalue weighted by Crippen LogP contribution is 2.13. The molecule has 0 amide bonds. The number of methoxy groups -OCH3 is 1. The van der Waals surface area contributed by atoms with Crippen LogP contribution < -0.4 is 0 Å². The number of Topliss-reactive ketones (excluding diaryl/α,β-unsaturated/α-hetero) is 1. The van der Waals surface area contributed by atoms with Crippen molar-refractivity contribution in [2.45, 2.75) is 20.3 Å². The van der Waals surface area contributed by atoms with E-state index in [9.17, 15) is 9.59 Å². The zero-order valence-electron chi connectivity index (χ0n) is 9.16. The lowest BCUT2D eigenvalue weighted by molar-refractivity contribution is -0.151. The van der Waals surface area contributed by atoms with Gasteiger partial charge in [0.1, 0.15) is 0 Å². The Morgan fingerprint density at radius 2 is 1.93 bits per heavy atom. The van der Waals surface area contributed by atoms with Gasteiger partial charge in [-0.05, 0) is 30.5 Å². The van der Waals surface area contributed by atoms with Gasteiger partial charge in [-0.1, -0.05) is 18.2 Å². The average molecular weight is 206 g/mol. The fourth-order valence-electron chi connectivity index (χ4n) is 1.36. The summed E-state index contributed by atoms with van der Waals surface area (Å²) < 4.78 is 4.37. The summed E-state index contributed by atoms with van der Waals surface area (Å²) in [6.07, 6.45) is 0.111. The summed E-state index contributed by atoms with van der Waals surface area (Å²) in [7, 11) is 1.21. The van der Waals surface area contributed by atoms with E-state index < -0.39 is 11.8 Å². The van der Waals surface area contributed by atoms with Gasteiger partial charge in [-0.25, -0.2) is 4.79 Å². The maximum Gasteiger partial charge on any atom is 0.374 e. The molecule has 0 unspecified atom stereocenters. The molecule has 3 nitrogen and oxygen atoms in total. The summed E-state index contributed by atoms with van der Waals surface area (Å²) in [5.74, 6) is -1.29. The van der Waals surface area contributed by atoms with Crippen molar-refractivity contribution < 1.29 is 14.3 Å². The van der Waals surface area contributed by atoms with E-state index in [1.807, 2.05) is 32.0 Å². The minimum absolute atomic E-state index is 0.111. The van der Waals surface area contributed by atoms with Crippen LogP contribution in [0.1, 0.15) is 16.7 Å². The van der Waals surface area contributed by atoms with Crippen LogP contribution in [-0.4, -0.2) is 18.9 Å². The van der Waals surface area contributed by atoms with Gasteiger partial charge >= 0.3 is 5.97 Å². The van der Waals surface area contributed by atoms with Gasteiger partial charge in [-0.15, -0.1) is 0 Å². The van der Waals surface area contributed by atoms with E-state index in [0.29, 0.717) is 0 Å². The first-order chi connectivity index (χ1) is 7.06. The van der Waals surface area contributed by atoms with Gasteiger partial charge in [0.2, 0.25) is 5.78 Å². The predicted octanol–water partition coefficient (Wildman–Crippen LogP) is 1.59. The summed E-state index contributed by atoms with van der Waals surface area (Å²) in [4.78, 5) is 22.3. The van der Waals surface area contributed by atoms with E-state index in [0.717, 1.165) is 16.7 Å². The van der Waals surface area contributed by atoms with Crippen molar-refractivity contribution >= 4 is 11.8 Å². The number of ketones is 1. The third kappa shape index (κ3) is 2.65. The standard InChI is InChI=1S/C12H14O3/c1-8-5-4-6-10(9(8)2)7-11(13)12(14)15-3/h4-6H,7H2,1-3H3. The Bertz CT molecular complexity index is 394. The second-order valence-corrected chi connectivity index (χ2v) is 3.45. The summed E-state index contributed by atoms with van der Waals surface area (Å²) in [6, 6.07) is 5.70. The Labute approximate surface area is 89.1 Å². The number of esters is 1. The van der Waals surface area contributed by atoms with Crippen LogP contribution in [0.3, 0.4) is 0 Å². The molecule has 0 radical (unpaired) electrons. The van der Waals surface area contributed by atoms with E-state index in [-0.39, 0.29) is 6.42 Å². The number of aryl methyl sites for hydroxylation is 1. The van der Waals surface area contributed by atoms with Crippen LogP contribution in [0.4, 0.5) is 0 Å². The molecule has 0 saturated heterocycles. The van der Waals surface area contributed by atoms with Crippen molar-refractivity contribution in [1.82, 2.24) is 0 Å². The van der Waals surface area contributed by atoms with E-state index >= 15 is 0 Å². The van der Waals surface area contributed by atoms with Gasteiger partial charge in [0, 0.05) is 6.42 Å². The Kier molecular flexibility index (Phi) is 3.61. The SMILES string of the molecule is COC(=O)C(=O)Cc1cccc(C)c1C. The van der Waals surface area contributed by atoms with Crippen molar-refractivity contribution in [3.05, 3.63) is 34.9 Å². The molecule has 0 bridgehead atoms. The van der Waals surface area contributed by atoms with Crippen LogP contribution in [-0.2, 0) is 20.7 Å². The molecular weight excluding hydrogens is 192 g/mol.